The minimum absolute atomic E-state index is 0.121. The van der Waals surface area contributed by atoms with Crippen LogP contribution in [0.5, 0.6) is 0 Å². The van der Waals surface area contributed by atoms with E-state index in [1.807, 2.05) is 0 Å². The van der Waals surface area contributed by atoms with Crippen molar-refractivity contribution in [1.82, 2.24) is 10.2 Å². The van der Waals surface area contributed by atoms with E-state index in [0.717, 1.165) is 19.1 Å². The molecule has 2 heterocycles. The monoisotopic (exact) mass is 240 g/mol. The predicted octanol–water partition coefficient (Wildman–Crippen LogP) is 2.02. The summed E-state index contributed by atoms with van der Waals surface area (Å²) in [5.74, 6) is 0. The Kier molecular flexibility index (Phi) is 4.45. The number of hydrogen-bond acceptors (Lipinski definition) is 3. The van der Waals surface area contributed by atoms with Crippen LogP contribution in [0.15, 0.2) is 0 Å². The molecule has 0 saturated carbocycles. The lowest BCUT2D eigenvalue weighted by Gasteiger charge is -2.45. The lowest BCUT2D eigenvalue weighted by Crippen LogP contribution is -2.53. The first-order valence-corrected chi connectivity index (χ1v) is 7.22. The molecule has 2 rings (SSSR count). The number of nitrogens with zero attached hydrogens (tertiary/aromatic N) is 1. The molecule has 0 aromatic heterocycles. The van der Waals surface area contributed by atoms with Gasteiger partial charge in [0.2, 0.25) is 0 Å². The number of likely N-dealkylation sites (tertiary alicyclic amines) is 1. The van der Waals surface area contributed by atoms with Crippen molar-refractivity contribution in [3.05, 3.63) is 0 Å². The first-order chi connectivity index (χ1) is 8.17. The Morgan fingerprint density at radius 3 is 2.94 bits per heavy atom. The Hall–Kier alpha value is -0.120. The number of piperidine rings is 1. The normalized spacial score (nSPS) is 40.4. The van der Waals surface area contributed by atoms with Crippen LogP contribution in [0.2, 0.25) is 0 Å². The van der Waals surface area contributed by atoms with E-state index in [-0.39, 0.29) is 5.60 Å². The van der Waals surface area contributed by atoms with Crippen molar-refractivity contribution in [2.45, 2.75) is 63.6 Å². The van der Waals surface area contributed by atoms with Gasteiger partial charge >= 0.3 is 0 Å². The van der Waals surface area contributed by atoms with Crippen molar-refractivity contribution in [3.8, 4) is 0 Å². The Labute approximate surface area is 106 Å². The van der Waals surface area contributed by atoms with Crippen molar-refractivity contribution in [2.24, 2.45) is 0 Å². The van der Waals surface area contributed by atoms with Gasteiger partial charge in [-0.3, -0.25) is 4.90 Å². The predicted molar refractivity (Wildman–Crippen MR) is 71.3 cm³/mol. The number of hydrogen-bond donors (Lipinski definition) is 1. The Morgan fingerprint density at radius 2 is 2.24 bits per heavy atom. The third-order valence-electron chi connectivity index (χ3n) is 4.69. The molecular formula is C14H28N2O. The van der Waals surface area contributed by atoms with Crippen LogP contribution in [0.4, 0.5) is 0 Å². The average Bonchev–Trinajstić information content (AvgIpc) is 2.39. The molecule has 2 aliphatic rings. The topological polar surface area (TPSA) is 24.5 Å². The molecule has 2 fully saturated rings. The highest BCUT2D eigenvalue weighted by Crippen LogP contribution is 2.31. The van der Waals surface area contributed by atoms with E-state index in [9.17, 15) is 0 Å². The van der Waals surface area contributed by atoms with Crippen molar-refractivity contribution >= 4 is 0 Å². The third kappa shape index (κ3) is 3.21. The summed E-state index contributed by atoms with van der Waals surface area (Å²) in [6.07, 6.45) is 6.23. The highest BCUT2D eigenvalue weighted by Gasteiger charge is 2.35. The maximum absolute atomic E-state index is 5.95. The molecule has 0 bridgehead atoms. The van der Waals surface area contributed by atoms with E-state index >= 15 is 0 Å². The molecule has 2 saturated heterocycles. The molecule has 0 aromatic rings. The molecule has 0 amide bonds. The van der Waals surface area contributed by atoms with Crippen LogP contribution >= 0.6 is 0 Å². The Bertz CT molecular complexity index is 246. The maximum Gasteiger partial charge on any atom is 0.0666 e. The third-order valence-corrected chi connectivity index (χ3v) is 4.69. The highest BCUT2D eigenvalue weighted by atomic mass is 16.5. The van der Waals surface area contributed by atoms with Gasteiger partial charge in [-0.15, -0.1) is 0 Å². The van der Waals surface area contributed by atoms with Crippen molar-refractivity contribution in [3.63, 3.8) is 0 Å². The smallest absolute Gasteiger partial charge is 0.0666 e. The summed E-state index contributed by atoms with van der Waals surface area (Å²) in [5.41, 5.74) is 0.121. The second-order valence-electron chi connectivity index (χ2n) is 5.92. The van der Waals surface area contributed by atoms with Gasteiger partial charge in [0.1, 0.15) is 0 Å². The number of nitrogens with one attached hydrogen (secondary N) is 1. The highest BCUT2D eigenvalue weighted by molar-refractivity contribution is 4.90. The fourth-order valence-electron chi connectivity index (χ4n) is 3.23. The minimum Gasteiger partial charge on any atom is -0.375 e. The summed E-state index contributed by atoms with van der Waals surface area (Å²) < 4.78 is 5.95. The molecule has 100 valence electrons. The van der Waals surface area contributed by atoms with Gasteiger partial charge in [0.25, 0.3) is 0 Å². The first-order valence-electron chi connectivity index (χ1n) is 7.22. The lowest BCUT2D eigenvalue weighted by atomic mass is 9.88. The van der Waals surface area contributed by atoms with Crippen molar-refractivity contribution in [2.75, 3.05) is 26.7 Å². The molecule has 0 aliphatic carbocycles. The zero-order valence-electron chi connectivity index (χ0n) is 11.7. The number of ether oxygens (including phenoxy) is 1. The standard InChI is InChI=1S/C14H28N2O/c1-4-14(2)10-13(7-9-17-14)16-8-5-6-12(11-16)15-3/h12-13,15H,4-11H2,1-3H3. The molecule has 0 radical (unpaired) electrons. The molecule has 3 unspecified atom stereocenters. The number of rotatable bonds is 3. The van der Waals surface area contributed by atoms with Gasteiger partial charge in [0, 0.05) is 25.2 Å². The fourth-order valence-corrected chi connectivity index (χ4v) is 3.23. The summed E-state index contributed by atoms with van der Waals surface area (Å²) >= 11 is 0. The molecule has 3 heteroatoms. The second-order valence-corrected chi connectivity index (χ2v) is 5.92. The Morgan fingerprint density at radius 1 is 1.41 bits per heavy atom. The fraction of sp³-hybridized carbons (Fsp3) is 1.00. The van der Waals surface area contributed by atoms with Crippen LogP contribution in [-0.4, -0.2) is 49.3 Å². The van der Waals surface area contributed by atoms with Gasteiger partial charge in [-0.1, -0.05) is 6.92 Å². The molecule has 17 heavy (non-hydrogen) atoms. The molecule has 1 N–H and O–H groups in total. The molecule has 3 nitrogen and oxygen atoms in total. The summed E-state index contributed by atoms with van der Waals surface area (Å²) in [4.78, 5) is 2.70. The second kappa shape index (κ2) is 5.68. The van der Waals surface area contributed by atoms with Crippen LogP contribution < -0.4 is 5.32 Å². The van der Waals surface area contributed by atoms with Gasteiger partial charge in [-0.25, -0.2) is 0 Å². The van der Waals surface area contributed by atoms with Gasteiger partial charge in [0.05, 0.1) is 5.60 Å². The summed E-state index contributed by atoms with van der Waals surface area (Å²) in [6, 6.07) is 1.43. The van der Waals surface area contributed by atoms with Gasteiger partial charge in [-0.2, -0.15) is 0 Å². The zero-order valence-corrected chi connectivity index (χ0v) is 11.7. The van der Waals surface area contributed by atoms with E-state index in [1.165, 1.54) is 38.8 Å². The quantitative estimate of drug-likeness (QED) is 0.817. The number of likely N-dealkylation sites (N-methyl/N-ethyl adjacent to an activating group) is 1. The van der Waals surface area contributed by atoms with Gasteiger partial charge < -0.3 is 10.1 Å². The van der Waals surface area contributed by atoms with E-state index in [1.54, 1.807) is 0 Å². The van der Waals surface area contributed by atoms with Gasteiger partial charge in [-0.05, 0) is 52.6 Å². The van der Waals surface area contributed by atoms with E-state index < -0.39 is 0 Å². The average molecular weight is 240 g/mol. The summed E-state index contributed by atoms with van der Waals surface area (Å²) in [6.45, 7) is 7.97. The van der Waals surface area contributed by atoms with Crippen LogP contribution in [0.1, 0.15) is 46.0 Å². The van der Waals surface area contributed by atoms with Crippen LogP contribution in [0.3, 0.4) is 0 Å². The largest absolute Gasteiger partial charge is 0.375 e. The Balaban J connectivity index is 1.92. The molecular weight excluding hydrogens is 212 g/mol. The first kappa shape index (κ1) is 13.3. The molecule has 2 aliphatic heterocycles. The van der Waals surface area contributed by atoms with Crippen LogP contribution in [-0.2, 0) is 4.74 Å². The van der Waals surface area contributed by atoms with E-state index in [0.29, 0.717) is 6.04 Å². The maximum atomic E-state index is 5.95. The minimum atomic E-state index is 0.121. The van der Waals surface area contributed by atoms with Crippen LogP contribution in [0.25, 0.3) is 0 Å². The molecule has 3 atom stereocenters. The molecule has 0 aromatic carbocycles. The van der Waals surface area contributed by atoms with E-state index in [4.69, 9.17) is 4.74 Å². The molecule has 0 spiro atoms. The summed E-state index contributed by atoms with van der Waals surface area (Å²) in [7, 11) is 2.09. The van der Waals surface area contributed by atoms with E-state index in [2.05, 4.69) is 31.1 Å². The summed E-state index contributed by atoms with van der Waals surface area (Å²) in [5, 5.41) is 3.43. The SMILES string of the molecule is CCC1(C)CC(N2CCCC(NC)C2)CCO1. The van der Waals surface area contributed by atoms with Crippen molar-refractivity contribution in [1.29, 1.82) is 0 Å². The zero-order chi connectivity index (χ0) is 12.3. The van der Waals surface area contributed by atoms with Crippen LogP contribution in [0, 0.1) is 0 Å². The van der Waals surface area contributed by atoms with Crippen molar-refractivity contribution < 1.29 is 4.74 Å². The van der Waals surface area contributed by atoms with Gasteiger partial charge in [0.15, 0.2) is 0 Å². The lowest BCUT2D eigenvalue weighted by molar-refractivity contribution is -0.0993.